The summed E-state index contributed by atoms with van der Waals surface area (Å²) in [6.45, 7) is 5.46. The minimum Gasteiger partial charge on any atom is -0.494 e. The van der Waals surface area contributed by atoms with Crippen LogP contribution in [0.15, 0.2) is 30.3 Å². The zero-order valence-corrected chi connectivity index (χ0v) is 11.1. The third kappa shape index (κ3) is 3.03. The van der Waals surface area contributed by atoms with Crippen molar-refractivity contribution >= 4 is 5.82 Å². The van der Waals surface area contributed by atoms with Gasteiger partial charge >= 0.3 is 0 Å². The molecule has 0 aliphatic carbocycles. The summed E-state index contributed by atoms with van der Waals surface area (Å²) in [5, 5.41) is 7.66. The number of nitrogens with zero attached hydrogens (tertiary/aromatic N) is 2. The second-order valence-corrected chi connectivity index (χ2v) is 4.23. The molecule has 0 amide bonds. The van der Waals surface area contributed by atoms with Gasteiger partial charge in [0.1, 0.15) is 11.6 Å². The van der Waals surface area contributed by atoms with Gasteiger partial charge in [-0.3, -0.25) is 4.68 Å². The van der Waals surface area contributed by atoms with Crippen LogP contribution in [0.4, 0.5) is 5.82 Å². The lowest BCUT2D eigenvalue weighted by Gasteiger charge is -2.06. The molecule has 1 heterocycles. The first-order valence-corrected chi connectivity index (χ1v) is 6.15. The number of anilines is 1. The van der Waals surface area contributed by atoms with Crippen LogP contribution >= 0.6 is 0 Å². The molecule has 0 atom stereocenters. The van der Waals surface area contributed by atoms with E-state index in [1.54, 1.807) is 0 Å². The Balaban J connectivity index is 1.99. The fourth-order valence-electron chi connectivity index (χ4n) is 1.75. The zero-order valence-electron chi connectivity index (χ0n) is 11.1. The van der Waals surface area contributed by atoms with Crippen molar-refractivity contribution in [3.8, 4) is 5.75 Å². The topological polar surface area (TPSA) is 39.1 Å². The Kier molecular flexibility index (Phi) is 3.87. The van der Waals surface area contributed by atoms with E-state index in [4.69, 9.17) is 4.74 Å². The summed E-state index contributed by atoms with van der Waals surface area (Å²) < 4.78 is 7.33. The minimum absolute atomic E-state index is 0.691. The van der Waals surface area contributed by atoms with Crippen LogP contribution in [-0.4, -0.2) is 16.4 Å². The van der Waals surface area contributed by atoms with Crippen molar-refractivity contribution < 1.29 is 4.74 Å². The van der Waals surface area contributed by atoms with Gasteiger partial charge in [0.25, 0.3) is 0 Å². The van der Waals surface area contributed by atoms with Gasteiger partial charge < -0.3 is 10.1 Å². The van der Waals surface area contributed by atoms with Gasteiger partial charge in [0.2, 0.25) is 0 Å². The number of benzene rings is 1. The molecule has 0 aliphatic heterocycles. The number of ether oxygens (including phenoxy) is 1. The van der Waals surface area contributed by atoms with Gasteiger partial charge in [-0.05, 0) is 31.5 Å². The molecule has 18 heavy (non-hydrogen) atoms. The van der Waals surface area contributed by atoms with E-state index in [2.05, 4.69) is 16.5 Å². The Morgan fingerprint density at radius 2 is 2.17 bits per heavy atom. The molecule has 96 valence electrons. The smallest absolute Gasteiger partial charge is 0.148 e. The van der Waals surface area contributed by atoms with Crippen molar-refractivity contribution in [2.45, 2.75) is 20.4 Å². The second kappa shape index (κ2) is 5.58. The average molecular weight is 245 g/mol. The summed E-state index contributed by atoms with van der Waals surface area (Å²) in [4.78, 5) is 0. The predicted molar refractivity (Wildman–Crippen MR) is 72.9 cm³/mol. The van der Waals surface area contributed by atoms with Crippen molar-refractivity contribution in [2.24, 2.45) is 7.05 Å². The van der Waals surface area contributed by atoms with E-state index in [0.717, 1.165) is 23.8 Å². The SMILES string of the molecule is CCOc1cccc(CNc2cc(C)n(C)n2)c1. The molecule has 0 aliphatic rings. The number of rotatable bonds is 5. The normalized spacial score (nSPS) is 10.4. The van der Waals surface area contributed by atoms with E-state index in [-0.39, 0.29) is 0 Å². The molecule has 0 radical (unpaired) electrons. The fourth-order valence-corrected chi connectivity index (χ4v) is 1.75. The summed E-state index contributed by atoms with van der Waals surface area (Å²) in [7, 11) is 1.94. The van der Waals surface area contributed by atoms with Gasteiger partial charge in [-0.15, -0.1) is 0 Å². The summed E-state index contributed by atoms with van der Waals surface area (Å²) in [6, 6.07) is 10.1. The molecule has 4 heteroatoms. The molecule has 1 aromatic carbocycles. The first-order chi connectivity index (χ1) is 8.69. The van der Waals surface area contributed by atoms with E-state index in [0.29, 0.717) is 6.61 Å². The van der Waals surface area contributed by atoms with Crippen molar-refractivity contribution in [2.75, 3.05) is 11.9 Å². The van der Waals surface area contributed by atoms with E-state index >= 15 is 0 Å². The summed E-state index contributed by atoms with van der Waals surface area (Å²) >= 11 is 0. The van der Waals surface area contributed by atoms with Gasteiger partial charge in [-0.25, -0.2) is 0 Å². The largest absolute Gasteiger partial charge is 0.494 e. The van der Waals surface area contributed by atoms with Crippen LogP contribution in [0.25, 0.3) is 0 Å². The lowest BCUT2D eigenvalue weighted by molar-refractivity contribution is 0.340. The van der Waals surface area contributed by atoms with Crippen LogP contribution < -0.4 is 10.1 Å². The Morgan fingerprint density at radius 3 is 2.83 bits per heavy atom. The lowest BCUT2D eigenvalue weighted by Crippen LogP contribution is -2.01. The van der Waals surface area contributed by atoms with Gasteiger partial charge in [0.05, 0.1) is 6.61 Å². The second-order valence-electron chi connectivity index (χ2n) is 4.23. The Labute approximate surface area is 108 Å². The maximum Gasteiger partial charge on any atom is 0.148 e. The van der Waals surface area contributed by atoms with Crippen LogP contribution in [0.1, 0.15) is 18.2 Å². The van der Waals surface area contributed by atoms with Gasteiger partial charge in [-0.2, -0.15) is 5.10 Å². The highest BCUT2D eigenvalue weighted by Gasteiger charge is 2.01. The maximum absolute atomic E-state index is 5.47. The number of hydrogen-bond donors (Lipinski definition) is 1. The molecular formula is C14H19N3O. The highest BCUT2D eigenvalue weighted by molar-refractivity contribution is 5.38. The van der Waals surface area contributed by atoms with E-state index < -0.39 is 0 Å². The van der Waals surface area contributed by atoms with Crippen LogP contribution in [-0.2, 0) is 13.6 Å². The first-order valence-electron chi connectivity index (χ1n) is 6.15. The van der Waals surface area contributed by atoms with Crippen LogP contribution in [0.5, 0.6) is 5.75 Å². The summed E-state index contributed by atoms with van der Waals surface area (Å²) in [5.41, 5.74) is 2.32. The van der Waals surface area contributed by atoms with Crippen LogP contribution in [0.2, 0.25) is 0 Å². The Bertz CT molecular complexity index is 500. The highest BCUT2D eigenvalue weighted by Crippen LogP contribution is 2.15. The van der Waals surface area contributed by atoms with E-state index in [1.165, 1.54) is 5.56 Å². The molecule has 1 N–H and O–H groups in total. The first kappa shape index (κ1) is 12.5. The Morgan fingerprint density at radius 1 is 1.33 bits per heavy atom. The highest BCUT2D eigenvalue weighted by atomic mass is 16.5. The third-order valence-corrected chi connectivity index (χ3v) is 2.80. The van der Waals surface area contributed by atoms with Gasteiger partial charge in [0.15, 0.2) is 0 Å². The van der Waals surface area contributed by atoms with Crippen molar-refractivity contribution in [1.82, 2.24) is 9.78 Å². The Hall–Kier alpha value is -1.97. The molecular weight excluding hydrogens is 226 g/mol. The van der Waals surface area contributed by atoms with Gasteiger partial charge in [-0.1, -0.05) is 12.1 Å². The number of nitrogens with one attached hydrogen (secondary N) is 1. The standard InChI is InChI=1S/C14H19N3O/c1-4-18-13-7-5-6-12(9-13)10-15-14-8-11(2)17(3)16-14/h5-9H,4,10H2,1-3H3,(H,15,16). The van der Waals surface area contributed by atoms with E-state index in [9.17, 15) is 0 Å². The predicted octanol–water partition coefficient (Wildman–Crippen LogP) is 2.74. The van der Waals surface area contributed by atoms with E-state index in [1.807, 2.05) is 49.8 Å². The quantitative estimate of drug-likeness (QED) is 0.880. The molecule has 4 nitrogen and oxygen atoms in total. The molecule has 0 unspecified atom stereocenters. The molecule has 2 aromatic rings. The average Bonchev–Trinajstić information content (AvgIpc) is 2.67. The zero-order chi connectivity index (χ0) is 13.0. The number of aryl methyl sites for hydroxylation is 2. The fraction of sp³-hybridized carbons (Fsp3) is 0.357. The molecule has 0 saturated carbocycles. The van der Waals surface area contributed by atoms with Crippen molar-refractivity contribution in [3.63, 3.8) is 0 Å². The lowest BCUT2D eigenvalue weighted by atomic mass is 10.2. The third-order valence-electron chi connectivity index (χ3n) is 2.80. The minimum atomic E-state index is 0.691. The van der Waals surface area contributed by atoms with Crippen molar-refractivity contribution in [3.05, 3.63) is 41.6 Å². The molecule has 0 fully saturated rings. The summed E-state index contributed by atoms with van der Waals surface area (Å²) in [6.07, 6.45) is 0. The number of hydrogen-bond acceptors (Lipinski definition) is 3. The van der Waals surface area contributed by atoms with Crippen LogP contribution in [0.3, 0.4) is 0 Å². The molecule has 0 spiro atoms. The molecule has 2 rings (SSSR count). The van der Waals surface area contributed by atoms with Crippen LogP contribution in [0, 0.1) is 6.92 Å². The maximum atomic E-state index is 5.47. The molecule has 0 bridgehead atoms. The molecule has 1 aromatic heterocycles. The van der Waals surface area contributed by atoms with Gasteiger partial charge in [0, 0.05) is 25.4 Å². The summed E-state index contributed by atoms with van der Waals surface area (Å²) in [5.74, 6) is 1.81. The van der Waals surface area contributed by atoms with Crippen molar-refractivity contribution in [1.29, 1.82) is 0 Å². The monoisotopic (exact) mass is 245 g/mol. The number of aromatic nitrogens is 2. The molecule has 0 saturated heterocycles.